The van der Waals surface area contributed by atoms with Crippen LogP contribution in [0.3, 0.4) is 0 Å². The van der Waals surface area contributed by atoms with Gasteiger partial charge in [0.15, 0.2) is 5.69 Å². The minimum atomic E-state index is -4.43. The minimum absolute atomic E-state index is 0.0134. The molecule has 0 aliphatic carbocycles. The van der Waals surface area contributed by atoms with Gasteiger partial charge < -0.3 is 4.74 Å². The number of ether oxygens (including phenoxy) is 1. The van der Waals surface area contributed by atoms with Crippen LogP contribution in [0.1, 0.15) is 23.0 Å². The van der Waals surface area contributed by atoms with E-state index < -0.39 is 17.7 Å². The maximum absolute atomic E-state index is 12.5. The summed E-state index contributed by atoms with van der Waals surface area (Å²) < 4.78 is 42.2. The Labute approximate surface area is 99.7 Å². The molecule has 0 spiro atoms. The van der Waals surface area contributed by atoms with Crippen LogP contribution < -0.4 is 0 Å². The van der Waals surface area contributed by atoms with Crippen molar-refractivity contribution in [2.24, 2.45) is 0 Å². The van der Waals surface area contributed by atoms with E-state index in [4.69, 9.17) is 4.74 Å². The number of aromatic amines is 1. The number of halogens is 3. The van der Waals surface area contributed by atoms with Crippen molar-refractivity contribution in [1.82, 2.24) is 10.2 Å². The lowest BCUT2D eigenvalue weighted by molar-refractivity contribution is -0.137. The summed E-state index contributed by atoms with van der Waals surface area (Å²) in [5.74, 6) is -0.663. The van der Waals surface area contributed by atoms with Gasteiger partial charge in [0.05, 0.1) is 17.7 Å². The second-order valence-electron chi connectivity index (χ2n) is 3.55. The summed E-state index contributed by atoms with van der Waals surface area (Å²) in [5, 5.41) is 6.37. The van der Waals surface area contributed by atoms with Gasteiger partial charge in [0.25, 0.3) is 0 Å². The van der Waals surface area contributed by atoms with Crippen molar-refractivity contribution in [2.45, 2.75) is 13.1 Å². The molecular weight excluding hydrogens is 249 g/mol. The maximum atomic E-state index is 12.5. The van der Waals surface area contributed by atoms with Crippen LogP contribution in [0.4, 0.5) is 13.2 Å². The Morgan fingerprint density at radius 2 is 2.17 bits per heavy atom. The fourth-order valence-corrected chi connectivity index (χ4v) is 1.55. The highest BCUT2D eigenvalue weighted by molar-refractivity contribution is 6.01. The zero-order chi connectivity index (χ0) is 13.3. The first-order valence-corrected chi connectivity index (χ1v) is 5.16. The molecule has 0 saturated carbocycles. The minimum Gasteiger partial charge on any atom is -0.461 e. The van der Waals surface area contributed by atoms with Crippen molar-refractivity contribution in [1.29, 1.82) is 0 Å². The molecule has 7 heteroatoms. The molecule has 2 rings (SSSR count). The first-order valence-electron chi connectivity index (χ1n) is 5.16. The normalized spacial score (nSPS) is 11.8. The topological polar surface area (TPSA) is 55.0 Å². The Morgan fingerprint density at radius 1 is 1.44 bits per heavy atom. The first kappa shape index (κ1) is 12.4. The van der Waals surface area contributed by atoms with E-state index in [1.807, 2.05) is 0 Å². The van der Waals surface area contributed by atoms with Gasteiger partial charge in [0.1, 0.15) is 0 Å². The molecule has 0 atom stereocenters. The van der Waals surface area contributed by atoms with Crippen LogP contribution in [0.15, 0.2) is 18.2 Å². The number of carbonyl (C=O) groups is 1. The number of rotatable bonds is 2. The molecule has 1 N–H and O–H groups in total. The van der Waals surface area contributed by atoms with Crippen molar-refractivity contribution in [3.8, 4) is 0 Å². The van der Waals surface area contributed by atoms with E-state index >= 15 is 0 Å². The molecule has 0 radical (unpaired) electrons. The second-order valence-corrected chi connectivity index (χ2v) is 3.55. The fourth-order valence-electron chi connectivity index (χ4n) is 1.55. The van der Waals surface area contributed by atoms with Crippen LogP contribution >= 0.6 is 0 Å². The number of fused-ring (bicyclic) bond motifs is 1. The zero-order valence-electron chi connectivity index (χ0n) is 9.34. The average Bonchev–Trinajstić information content (AvgIpc) is 2.70. The Kier molecular flexibility index (Phi) is 2.98. The van der Waals surface area contributed by atoms with Crippen LogP contribution in [-0.4, -0.2) is 22.8 Å². The number of nitrogens with one attached hydrogen (secondary N) is 1. The Morgan fingerprint density at radius 3 is 2.78 bits per heavy atom. The largest absolute Gasteiger partial charge is 0.461 e. The predicted molar refractivity (Wildman–Crippen MR) is 57.1 cm³/mol. The molecule has 0 unspecified atom stereocenters. The Balaban J connectivity index is 2.47. The molecule has 4 nitrogen and oxygen atoms in total. The molecule has 0 saturated heterocycles. The van der Waals surface area contributed by atoms with Gasteiger partial charge >= 0.3 is 12.1 Å². The second kappa shape index (κ2) is 4.32. The number of hydrogen-bond acceptors (Lipinski definition) is 3. The third kappa shape index (κ3) is 2.15. The predicted octanol–water partition coefficient (Wildman–Crippen LogP) is 2.76. The highest BCUT2D eigenvalue weighted by Crippen LogP contribution is 2.31. The average molecular weight is 258 g/mol. The van der Waals surface area contributed by atoms with Crippen LogP contribution in [-0.2, 0) is 10.9 Å². The van der Waals surface area contributed by atoms with Crippen molar-refractivity contribution >= 4 is 16.9 Å². The van der Waals surface area contributed by atoms with E-state index in [-0.39, 0.29) is 17.8 Å². The van der Waals surface area contributed by atoms with Crippen molar-refractivity contribution in [3.05, 3.63) is 29.5 Å². The summed E-state index contributed by atoms with van der Waals surface area (Å²) in [6, 6.07) is 3.01. The summed E-state index contributed by atoms with van der Waals surface area (Å²) in [7, 11) is 0. The maximum Gasteiger partial charge on any atom is 0.416 e. The van der Waals surface area contributed by atoms with Crippen molar-refractivity contribution in [3.63, 3.8) is 0 Å². The van der Waals surface area contributed by atoms with Gasteiger partial charge in [-0.2, -0.15) is 18.3 Å². The van der Waals surface area contributed by atoms with Gasteiger partial charge in [0.2, 0.25) is 0 Å². The SMILES string of the molecule is CCOC(=O)c1n[nH]c2cc(C(F)(F)F)ccc12. The standard InChI is InChI=1S/C11H9F3N2O2/c1-2-18-10(17)9-7-4-3-6(11(12,13)14)5-8(7)15-16-9/h3-5H,2H2,1H3,(H,15,16). The lowest BCUT2D eigenvalue weighted by atomic mass is 10.1. The zero-order valence-corrected chi connectivity index (χ0v) is 9.34. The summed E-state index contributed by atoms with van der Waals surface area (Å²) in [6.45, 7) is 1.81. The van der Waals surface area contributed by atoms with E-state index in [9.17, 15) is 18.0 Å². The molecule has 18 heavy (non-hydrogen) atoms. The molecule has 0 aliphatic heterocycles. The number of aromatic nitrogens is 2. The molecule has 0 amide bonds. The smallest absolute Gasteiger partial charge is 0.416 e. The van der Waals surface area contributed by atoms with Crippen LogP contribution in [0.5, 0.6) is 0 Å². The van der Waals surface area contributed by atoms with E-state index in [1.165, 1.54) is 6.07 Å². The Hall–Kier alpha value is -2.05. The van der Waals surface area contributed by atoms with E-state index in [2.05, 4.69) is 10.2 Å². The van der Waals surface area contributed by atoms with Crippen LogP contribution in [0, 0.1) is 0 Å². The molecule has 96 valence electrons. The van der Waals surface area contributed by atoms with Gasteiger partial charge in [-0.3, -0.25) is 5.10 Å². The first-order chi connectivity index (χ1) is 8.43. The quantitative estimate of drug-likeness (QED) is 0.842. The van der Waals surface area contributed by atoms with Crippen LogP contribution in [0.25, 0.3) is 10.9 Å². The molecule has 1 heterocycles. The van der Waals surface area contributed by atoms with E-state index in [0.29, 0.717) is 5.39 Å². The third-order valence-electron chi connectivity index (χ3n) is 2.36. The van der Waals surface area contributed by atoms with Crippen LogP contribution in [0.2, 0.25) is 0 Å². The lowest BCUT2D eigenvalue weighted by Crippen LogP contribution is -2.06. The molecule has 0 aliphatic rings. The highest BCUT2D eigenvalue weighted by atomic mass is 19.4. The molecule has 2 aromatic rings. The monoisotopic (exact) mass is 258 g/mol. The number of nitrogens with zero attached hydrogens (tertiary/aromatic N) is 1. The van der Waals surface area contributed by atoms with E-state index in [1.54, 1.807) is 6.92 Å². The summed E-state index contributed by atoms with van der Waals surface area (Å²) in [5.41, 5.74) is -0.664. The number of alkyl halides is 3. The van der Waals surface area contributed by atoms with Gasteiger partial charge in [-0.05, 0) is 25.1 Å². The van der Waals surface area contributed by atoms with Gasteiger partial charge in [-0.15, -0.1) is 0 Å². The highest BCUT2D eigenvalue weighted by Gasteiger charge is 2.31. The molecular formula is C11H9F3N2O2. The number of carbonyl (C=O) groups excluding carboxylic acids is 1. The number of H-pyrrole nitrogens is 1. The van der Waals surface area contributed by atoms with Gasteiger partial charge in [-0.25, -0.2) is 4.79 Å². The summed E-state index contributed by atoms with van der Waals surface area (Å²) >= 11 is 0. The summed E-state index contributed by atoms with van der Waals surface area (Å²) in [4.78, 5) is 11.5. The van der Waals surface area contributed by atoms with Crippen molar-refractivity contribution < 1.29 is 22.7 Å². The Bertz CT molecular complexity index is 589. The third-order valence-corrected chi connectivity index (χ3v) is 2.36. The molecule has 1 aromatic carbocycles. The van der Waals surface area contributed by atoms with E-state index in [0.717, 1.165) is 12.1 Å². The number of benzene rings is 1. The van der Waals surface area contributed by atoms with Crippen molar-refractivity contribution in [2.75, 3.05) is 6.61 Å². The number of hydrogen-bond donors (Lipinski definition) is 1. The lowest BCUT2D eigenvalue weighted by Gasteiger charge is -2.05. The summed E-state index contributed by atoms with van der Waals surface area (Å²) in [6.07, 6.45) is -4.43. The number of esters is 1. The fraction of sp³-hybridized carbons (Fsp3) is 0.273. The van der Waals surface area contributed by atoms with Gasteiger partial charge in [-0.1, -0.05) is 0 Å². The van der Waals surface area contributed by atoms with Gasteiger partial charge in [0, 0.05) is 5.39 Å². The molecule has 0 fully saturated rings. The molecule has 0 bridgehead atoms. The molecule has 1 aromatic heterocycles.